The van der Waals surface area contributed by atoms with Gasteiger partial charge in [0.25, 0.3) is 0 Å². The Labute approximate surface area is 213 Å². The van der Waals surface area contributed by atoms with Gasteiger partial charge in [0.05, 0.1) is 6.10 Å². The average molecular weight is 537 g/mol. The third kappa shape index (κ3) is 14.4. The molecule has 1 rings (SSSR count). The summed E-state index contributed by atoms with van der Waals surface area (Å²) in [5.74, 6) is -11.0. The van der Waals surface area contributed by atoms with Gasteiger partial charge in [-0.2, -0.15) is 30.7 Å². The highest BCUT2D eigenvalue weighted by molar-refractivity contribution is 4.90. The van der Waals surface area contributed by atoms with Gasteiger partial charge in [-0.1, -0.05) is 83.5 Å². The van der Waals surface area contributed by atoms with Crippen LogP contribution in [-0.4, -0.2) is 43.9 Å². The van der Waals surface area contributed by atoms with E-state index >= 15 is 0 Å². The van der Waals surface area contributed by atoms with Gasteiger partial charge < -0.3 is 9.47 Å². The maximum Gasteiger partial charge on any atom is 0.459 e. The second kappa shape index (κ2) is 18.6. The second-order valence-corrected chi connectivity index (χ2v) is 10.2. The molecule has 1 aliphatic heterocycles. The summed E-state index contributed by atoms with van der Waals surface area (Å²) in [6.45, 7) is 2.54. The van der Waals surface area contributed by atoms with Gasteiger partial charge in [0.15, 0.2) is 0 Å². The molecule has 0 aromatic carbocycles. The summed E-state index contributed by atoms with van der Waals surface area (Å²) in [5, 5.41) is 0. The smallest absolute Gasteiger partial charge is 0.381 e. The van der Waals surface area contributed by atoms with Crippen molar-refractivity contribution in [3.05, 3.63) is 0 Å². The van der Waals surface area contributed by atoms with E-state index in [0.717, 1.165) is 64.8 Å². The molecule has 36 heavy (non-hydrogen) atoms. The van der Waals surface area contributed by atoms with Crippen molar-refractivity contribution in [1.29, 1.82) is 0 Å². The number of hydrogen-bond acceptors (Lipinski definition) is 2. The van der Waals surface area contributed by atoms with Crippen LogP contribution in [0, 0.1) is 0 Å². The van der Waals surface area contributed by atoms with Gasteiger partial charge in [0.2, 0.25) is 0 Å². The molecule has 1 aliphatic rings. The van der Waals surface area contributed by atoms with E-state index in [1.807, 2.05) is 0 Å². The lowest BCUT2D eigenvalue weighted by Gasteiger charge is -2.28. The molecule has 1 atom stereocenters. The zero-order chi connectivity index (χ0) is 26.8. The summed E-state index contributed by atoms with van der Waals surface area (Å²) >= 11 is 0. The molecule has 1 unspecified atom stereocenters. The Bertz CT molecular complexity index is 521. The maximum absolute atomic E-state index is 13.2. The van der Waals surface area contributed by atoms with Crippen LogP contribution in [0.5, 0.6) is 0 Å². The molecule has 1 fully saturated rings. The molecular weight excluding hydrogens is 489 g/mol. The van der Waals surface area contributed by atoms with Crippen LogP contribution in [0.15, 0.2) is 0 Å². The zero-order valence-electron chi connectivity index (χ0n) is 21.8. The first kappa shape index (κ1) is 33.5. The predicted octanol–water partition coefficient (Wildman–Crippen LogP) is 10.0. The molecule has 0 aromatic heterocycles. The standard InChI is InChI=1S/C27H47F7O2/c28-25(29,26(30,31)27(32,33)34)20-15-12-10-8-6-4-2-1-3-5-7-9-11-13-16-21-35-23-19-24-18-14-17-22-36-24/h24H,1-23H2. The molecule has 0 spiro atoms. The topological polar surface area (TPSA) is 18.5 Å². The molecule has 0 aliphatic carbocycles. The fourth-order valence-corrected chi connectivity index (χ4v) is 4.57. The van der Waals surface area contributed by atoms with Crippen LogP contribution in [0.3, 0.4) is 0 Å². The van der Waals surface area contributed by atoms with E-state index in [2.05, 4.69) is 0 Å². The van der Waals surface area contributed by atoms with Crippen molar-refractivity contribution in [2.75, 3.05) is 19.8 Å². The third-order valence-corrected chi connectivity index (χ3v) is 6.95. The molecule has 0 bridgehead atoms. The van der Waals surface area contributed by atoms with E-state index in [1.165, 1.54) is 57.8 Å². The van der Waals surface area contributed by atoms with Crippen molar-refractivity contribution >= 4 is 0 Å². The first-order valence-electron chi connectivity index (χ1n) is 14.1. The fourth-order valence-electron chi connectivity index (χ4n) is 4.57. The summed E-state index contributed by atoms with van der Waals surface area (Å²) in [5.41, 5.74) is 0. The summed E-state index contributed by atoms with van der Waals surface area (Å²) in [7, 11) is 0. The van der Waals surface area contributed by atoms with Gasteiger partial charge in [-0.05, 0) is 38.5 Å². The van der Waals surface area contributed by atoms with Crippen molar-refractivity contribution in [3.63, 3.8) is 0 Å². The van der Waals surface area contributed by atoms with E-state index < -0.39 is 24.4 Å². The second-order valence-electron chi connectivity index (χ2n) is 10.2. The quantitative estimate of drug-likeness (QED) is 0.101. The molecule has 0 saturated carbocycles. The summed E-state index contributed by atoms with van der Waals surface area (Å²) in [6, 6.07) is 0. The summed E-state index contributed by atoms with van der Waals surface area (Å²) in [4.78, 5) is 0. The van der Waals surface area contributed by atoms with Crippen molar-refractivity contribution in [2.24, 2.45) is 0 Å². The van der Waals surface area contributed by atoms with E-state index in [9.17, 15) is 30.7 Å². The van der Waals surface area contributed by atoms with Gasteiger partial charge in [0.1, 0.15) is 0 Å². The number of alkyl halides is 7. The van der Waals surface area contributed by atoms with Gasteiger partial charge in [-0.15, -0.1) is 0 Å². The highest BCUT2D eigenvalue weighted by Gasteiger charge is 2.72. The summed E-state index contributed by atoms with van der Waals surface area (Å²) in [6.07, 6.45) is 11.4. The Kier molecular flexibility index (Phi) is 17.3. The number of unbranched alkanes of at least 4 members (excludes halogenated alkanes) is 14. The summed E-state index contributed by atoms with van der Waals surface area (Å²) < 4.78 is 99.7. The Balaban J connectivity index is 1.78. The van der Waals surface area contributed by atoms with Crippen LogP contribution in [0.25, 0.3) is 0 Å². The normalized spacial score (nSPS) is 17.6. The van der Waals surface area contributed by atoms with Crippen molar-refractivity contribution < 1.29 is 40.2 Å². The Morgan fingerprint density at radius 3 is 1.50 bits per heavy atom. The number of halogens is 7. The van der Waals surface area contributed by atoms with Crippen LogP contribution < -0.4 is 0 Å². The minimum Gasteiger partial charge on any atom is -0.381 e. The molecule has 0 radical (unpaired) electrons. The molecule has 0 N–H and O–H groups in total. The molecule has 216 valence electrons. The van der Waals surface area contributed by atoms with E-state index in [1.54, 1.807) is 0 Å². The monoisotopic (exact) mass is 536 g/mol. The minimum absolute atomic E-state index is 0.241. The lowest BCUT2D eigenvalue weighted by Crippen LogP contribution is -2.51. The van der Waals surface area contributed by atoms with Crippen molar-refractivity contribution in [2.45, 2.75) is 153 Å². The number of rotatable bonds is 22. The third-order valence-electron chi connectivity index (χ3n) is 6.95. The largest absolute Gasteiger partial charge is 0.459 e. The van der Waals surface area contributed by atoms with Crippen LogP contribution in [0.2, 0.25) is 0 Å². The first-order chi connectivity index (χ1) is 17.1. The number of ether oxygens (including phenoxy) is 2. The Morgan fingerprint density at radius 2 is 1.06 bits per heavy atom. The van der Waals surface area contributed by atoms with Crippen LogP contribution in [0.1, 0.15) is 128 Å². The minimum atomic E-state index is -6.23. The van der Waals surface area contributed by atoms with Crippen molar-refractivity contribution in [1.82, 2.24) is 0 Å². The zero-order valence-corrected chi connectivity index (χ0v) is 21.8. The molecule has 1 saturated heterocycles. The lowest BCUT2D eigenvalue weighted by atomic mass is 10.0. The average Bonchev–Trinajstić information content (AvgIpc) is 2.82. The van der Waals surface area contributed by atoms with Crippen LogP contribution in [-0.2, 0) is 9.47 Å². The van der Waals surface area contributed by atoms with Gasteiger partial charge in [-0.3, -0.25) is 0 Å². The lowest BCUT2D eigenvalue weighted by molar-refractivity contribution is -0.355. The highest BCUT2D eigenvalue weighted by atomic mass is 19.4. The first-order valence-corrected chi connectivity index (χ1v) is 14.1. The fraction of sp³-hybridized carbons (Fsp3) is 1.00. The molecular formula is C27H47F7O2. The predicted molar refractivity (Wildman–Crippen MR) is 129 cm³/mol. The molecule has 1 heterocycles. The van der Waals surface area contributed by atoms with E-state index in [0.29, 0.717) is 12.5 Å². The van der Waals surface area contributed by atoms with E-state index in [-0.39, 0.29) is 12.8 Å². The van der Waals surface area contributed by atoms with Crippen LogP contribution >= 0.6 is 0 Å². The van der Waals surface area contributed by atoms with Crippen LogP contribution in [0.4, 0.5) is 30.7 Å². The van der Waals surface area contributed by atoms with E-state index in [4.69, 9.17) is 9.47 Å². The highest BCUT2D eigenvalue weighted by Crippen LogP contribution is 2.48. The SMILES string of the molecule is FC(F)(F)C(F)(F)C(F)(F)CCCCCCCCCCCCCCCCCOCCC1CCCCO1. The number of hydrogen-bond donors (Lipinski definition) is 0. The molecule has 9 heteroatoms. The van der Waals surface area contributed by atoms with Crippen molar-refractivity contribution in [3.8, 4) is 0 Å². The Hall–Kier alpha value is -0.570. The molecule has 0 aromatic rings. The van der Waals surface area contributed by atoms with Gasteiger partial charge in [0, 0.05) is 26.2 Å². The molecule has 0 amide bonds. The van der Waals surface area contributed by atoms with Gasteiger partial charge in [-0.25, -0.2) is 0 Å². The molecule has 2 nitrogen and oxygen atoms in total. The van der Waals surface area contributed by atoms with Gasteiger partial charge >= 0.3 is 18.0 Å². The Morgan fingerprint density at radius 1 is 0.583 bits per heavy atom. The maximum atomic E-state index is 13.2.